The average Bonchev–Trinajstić information content (AvgIpc) is 2.44. The Labute approximate surface area is 99.4 Å². The number of nitrogens with zero attached hydrogens (tertiary/aromatic N) is 2. The molecule has 1 atom stereocenters. The third-order valence-corrected chi connectivity index (χ3v) is 3.25. The first-order valence-electron chi connectivity index (χ1n) is 4.74. The maximum absolute atomic E-state index is 12.2. The van der Waals surface area contributed by atoms with Gasteiger partial charge in [0, 0.05) is 13.0 Å². The highest BCUT2D eigenvalue weighted by Gasteiger charge is 2.39. The number of alkyl halides is 3. The molecule has 0 fully saturated rings. The predicted molar refractivity (Wildman–Crippen MR) is 56.1 cm³/mol. The van der Waals surface area contributed by atoms with Crippen LogP contribution in [0.2, 0.25) is 0 Å². The second-order valence-corrected chi connectivity index (χ2v) is 4.22. The van der Waals surface area contributed by atoms with Gasteiger partial charge in [-0.3, -0.25) is 4.68 Å². The van der Waals surface area contributed by atoms with Gasteiger partial charge in [0.1, 0.15) is 0 Å². The Kier molecular flexibility index (Phi) is 4.01. The van der Waals surface area contributed by atoms with Gasteiger partial charge in [0.2, 0.25) is 0 Å². The van der Waals surface area contributed by atoms with E-state index in [0.29, 0.717) is 22.4 Å². The summed E-state index contributed by atoms with van der Waals surface area (Å²) < 4.78 is 38.6. The Morgan fingerprint density at radius 1 is 1.50 bits per heavy atom. The molecule has 0 spiro atoms. The SMILES string of the molecule is CCn1nc(C)c(Br)c1CC(O)C(F)(F)F. The lowest BCUT2D eigenvalue weighted by molar-refractivity contribution is -0.203. The number of halogens is 4. The highest BCUT2D eigenvalue weighted by molar-refractivity contribution is 9.10. The number of aliphatic hydroxyl groups excluding tert-OH is 1. The van der Waals surface area contributed by atoms with Gasteiger partial charge in [0.15, 0.2) is 6.10 Å². The maximum Gasteiger partial charge on any atom is 0.414 e. The van der Waals surface area contributed by atoms with E-state index in [9.17, 15) is 13.2 Å². The van der Waals surface area contributed by atoms with Gasteiger partial charge in [-0.25, -0.2) is 0 Å². The molecule has 0 radical (unpaired) electrons. The second kappa shape index (κ2) is 4.75. The molecular formula is C9H12BrF3N2O. The van der Waals surface area contributed by atoms with Crippen LogP contribution in [0.5, 0.6) is 0 Å². The van der Waals surface area contributed by atoms with Crippen molar-refractivity contribution in [3.63, 3.8) is 0 Å². The van der Waals surface area contributed by atoms with E-state index in [1.807, 2.05) is 0 Å². The summed E-state index contributed by atoms with van der Waals surface area (Å²) in [6, 6.07) is 0. The fourth-order valence-corrected chi connectivity index (χ4v) is 1.81. The Morgan fingerprint density at radius 3 is 2.50 bits per heavy atom. The van der Waals surface area contributed by atoms with Gasteiger partial charge in [-0.1, -0.05) is 0 Å². The summed E-state index contributed by atoms with van der Waals surface area (Å²) in [7, 11) is 0. The molecule has 0 aliphatic heterocycles. The van der Waals surface area contributed by atoms with Gasteiger partial charge in [0.25, 0.3) is 0 Å². The molecule has 16 heavy (non-hydrogen) atoms. The van der Waals surface area contributed by atoms with Crippen LogP contribution in [0, 0.1) is 6.92 Å². The number of hydrogen-bond donors (Lipinski definition) is 1. The Balaban J connectivity index is 2.96. The van der Waals surface area contributed by atoms with Crippen molar-refractivity contribution in [2.45, 2.75) is 39.1 Å². The molecule has 1 unspecified atom stereocenters. The first-order valence-corrected chi connectivity index (χ1v) is 5.53. The van der Waals surface area contributed by atoms with E-state index in [2.05, 4.69) is 21.0 Å². The van der Waals surface area contributed by atoms with Crippen molar-refractivity contribution < 1.29 is 18.3 Å². The normalized spacial score (nSPS) is 14.2. The summed E-state index contributed by atoms with van der Waals surface area (Å²) in [4.78, 5) is 0. The maximum atomic E-state index is 12.2. The number of aryl methyl sites for hydroxylation is 2. The van der Waals surface area contributed by atoms with E-state index >= 15 is 0 Å². The third-order valence-electron chi connectivity index (χ3n) is 2.22. The summed E-state index contributed by atoms with van der Waals surface area (Å²) in [5.74, 6) is 0. The molecule has 1 aromatic rings. The van der Waals surface area contributed by atoms with Crippen molar-refractivity contribution in [2.24, 2.45) is 0 Å². The Bertz CT molecular complexity index is 376. The molecule has 1 aromatic heterocycles. The van der Waals surface area contributed by atoms with Gasteiger partial charge in [-0.2, -0.15) is 18.3 Å². The molecule has 0 bridgehead atoms. The molecule has 0 saturated carbocycles. The second-order valence-electron chi connectivity index (χ2n) is 3.42. The molecule has 0 amide bonds. The van der Waals surface area contributed by atoms with Crippen LogP contribution in [0.25, 0.3) is 0 Å². The molecule has 0 aliphatic rings. The fraction of sp³-hybridized carbons (Fsp3) is 0.667. The zero-order valence-corrected chi connectivity index (χ0v) is 10.4. The van der Waals surface area contributed by atoms with Crippen LogP contribution in [0.3, 0.4) is 0 Å². The minimum absolute atomic E-state index is 0.366. The van der Waals surface area contributed by atoms with Crippen LogP contribution in [-0.2, 0) is 13.0 Å². The number of rotatable bonds is 3. The Morgan fingerprint density at radius 2 is 2.06 bits per heavy atom. The number of aromatic nitrogens is 2. The van der Waals surface area contributed by atoms with Crippen molar-refractivity contribution in [3.05, 3.63) is 15.9 Å². The predicted octanol–water partition coefficient (Wildman–Crippen LogP) is 2.44. The molecule has 1 N–H and O–H groups in total. The van der Waals surface area contributed by atoms with Crippen molar-refractivity contribution >= 4 is 15.9 Å². The van der Waals surface area contributed by atoms with Crippen molar-refractivity contribution in [1.82, 2.24) is 9.78 Å². The number of hydrogen-bond acceptors (Lipinski definition) is 2. The van der Waals surface area contributed by atoms with Crippen LogP contribution in [0.1, 0.15) is 18.3 Å². The smallest absolute Gasteiger partial charge is 0.383 e. The van der Waals surface area contributed by atoms with Crippen LogP contribution in [0.4, 0.5) is 13.2 Å². The van der Waals surface area contributed by atoms with E-state index in [1.165, 1.54) is 4.68 Å². The molecule has 0 saturated heterocycles. The van der Waals surface area contributed by atoms with E-state index in [1.54, 1.807) is 13.8 Å². The minimum Gasteiger partial charge on any atom is -0.383 e. The van der Waals surface area contributed by atoms with Gasteiger partial charge in [-0.15, -0.1) is 0 Å². The Hall–Kier alpha value is -0.560. The molecule has 0 aromatic carbocycles. The summed E-state index contributed by atoms with van der Waals surface area (Å²) >= 11 is 3.18. The standard InChI is InChI=1S/C9H12BrF3N2O/c1-3-15-6(8(10)5(2)14-15)4-7(16)9(11,12)13/h7,16H,3-4H2,1-2H3. The van der Waals surface area contributed by atoms with Crippen LogP contribution >= 0.6 is 15.9 Å². The highest BCUT2D eigenvalue weighted by atomic mass is 79.9. The average molecular weight is 301 g/mol. The monoisotopic (exact) mass is 300 g/mol. The third kappa shape index (κ3) is 2.76. The van der Waals surface area contributed by atoms with Crippen molar-refractivity contribution in [1.29, 1.82) is 0 Å². The summed E-state index contributed by atoms with van der Waals surface area (Å²) in [6.45, 7) is 3.94. The molecule has 0 aliphatic carbocycles. The summed E-state index contributed by atoms with van der Waals surface area (Å²) in [6.07, 6.45) is -7.44. The molecule has 92 valence electrons. The highest BCUT2D eigenvalue weighted by Crippen LogP contribution is 2.27. The zero-order chi connectivity index (χ0) is 12.5. The van der Waals surface area contributed by atoms with Gasteiger partial charge in [-0.05, 0) is 29.8 Å². The lowest BCUT2D eigenvalue weighted by Crippen LogP contribution is -2.31. The van der Waals surface area contributed by atoms with Crippen molar-refractivity contribution in [2.75, 3.05) is 0 Å². The van der Waals surface area contributed by atoms with Gasteiger partial charge < -0.3 is 5.11 Å². The van der Waals surface area contributed by atoms with Crippen LogP contribution < -0.4 is 0 Å². The van der Waals surface area contributed by atoms with Gasteiger partial charge in [0.05, 0.1) is 15.9 Å². The van der Waals surface area contributed by atoms with Gasteiger partial charge >= 0.3 is 6.18 Å². The first-order chi connectivity index (χ1) is 7.27. The quantitative estimate of drug-likeness (QED) is 0.931. The van der Waals surface area contributed by atoms with E-state index in [-0.39, 0.29) is 0 Å². The first kappa shape index (κ1) is 13.5. The molecule has 1 heterocycles. The lowest BCUT2D eigenvalue weighted by Gasteiger charge is -2.15. The number of aliphatic hydroxyl groups is 1. The van der Waals surface area contributed by atoms with E-state index in [4.69, 9.17) is 5.11 Å². The largest absolute Gasteiger partial charge is 0.414 e. The lowest BCUT2D eigenvalue weighted by atomic mass is 10.2. The fourth-order valence-electron chi connectivity index (χ4n) is 1.36. The zero-order valence-electron chi connectivity index (χ0n) is 8.85. The summed E-state index contributed by atoms with van der Waals surface area (Å²) in [5.41, 5.74) is 0.982. The van der Waals surface area contributed by atoms with E-state index in [0.717, 1.165) is 0 Å². The summed E-state index contributed by atoms with van der Waals surface area (Å²) in [5, 5.41) is 13.1. The molecule has 3 nitrogen and oxygen atoms in total. The molecule has 7 heteroatoms. The molecular weight excluding hydrogens is 289 g/mol. The van der Waals surface area contributed by atoms with Crippen LogP contribution in [0.15, 0.2) is 4.47 Å². The molecule has 1 rings (SSSR count). The topological polar surface area (TPSA) is 38.0 Å². The minimum atomic E-state index is -4.60. The van der Waals surface area contributed by atoms with E-state index < -0.39 is 18.7 Å². The van der Waals surface area contributed by atoms with Crippen molar-refractivity contribution in [3.8, 4) is 0 Å². The van der Waals surface area contributed by atoms with Crippen LogP contribution in [-0.4, -0.2) is 27.2 Å².